The Bertz CT molecular complexity index is 777. The topological polar surface area (TPSA) is 76.5 Å². The maximum atomic E-state index is 11.6. The van der Waals surface area contributed by atoms with E-state index in [2.05, 4.69) is 9.37 Å². The Morgan fingerprint density at radius 2 is 2.06 bits per heavy atom. The molecule has 0 atom stereocenters. The van der Waals surface area contributed by atoms with Gasteiger partial charge in [-0.3, -0.25) is 4.79 Å². The molecule has 1 aromatic heterocycles. The number of fused-ring (bicyclic) bond motifs is 1. The van der Waals surface area contributed by atoms with Gasteiger partial charge in [0.25, 0.3) is 5.91 Å². The summed E-state index contributed by atoms with van der Waals surface area (Å²) in [6.07, 6.45) is 0. The van der Waals surface area contributed by atoms with E-state index in [0.717, 1.165) is 21.8 Å². The second-order valence-corrected chi connectivity index (χ2v) is 7.56. The maximum Gasteiger partial charge on any atom is 0.263 e. The van der Waals surface area contributed by atoms with E-state index < -0.39 is 21.5 Å². The summed E-state index contributed by atoms with van der Waals surface area (Å²) in [5.74, 6) is -1.14. The van der Waals surface area contributed by atoms with Crippen molar-refractivity contribution in [1.82, 2.24) is 4.37 Å². The summed E-state index contributed by atoms with van der Waals surface area (Å²) in [5.41, 5.74) is 0. The van der Waals surface area contributed by atoms with Crippen molar-refractivity contribution >= 4 is 53.5 Å². The standard InChI is InChI=1S/C10H6N2O3S3/c13-8-5-18(14,15)10(11-8)16-9-6-3-1-2-4-7(6)17-12-9/h1-4H,5H2. The molecule has 0 fully saturated rings. The van der Waals surface area contributed by atoms with Crippen LogP contribution in [0.3, 0.4) is 0 Å². The molecule has 2 heterocycles. The minimum Gasteiger partial charge on any atom is -0.271 e. The van der Waals surface area contributed by atoms with Crippen LogP contribution < -0.4 is 0 Å². The van der Waals surface area contributed by atoms with Gasteiger partial charge in [-0.25, -0.2) is 8.42 Å². The molecule has 1 aromatic carbocycles. The fraction of sp³-hybridized carbons (Fsp3) is 0.100. The van der Waals surface area contributed by atoms with E-state index in [1.807, 2.05) is 24.3 Å². The van der Waals surface area contributed by atoms with Crippen molar-refractivity contribution in [3.63, 3.8) is 0 Å². The van der Waals surface area contributed by atoms with E-state index >= 15 is 0 Å². The van der Waals surface area contributed by atoms with Gasteiger partial charge < -0.3 is 0 Å². The Hall–Kier alpha value is -1.25. The molecule has 0 saturated carbocycles. The highest BCUT2D eigenvalue weighted by atomic mass is 32.3. The van der Waals surface area contributed by atoms with E-state index in [1.165, 1.54) is 11.5 Å². The number of benzene rings is 1. The molecule has 5 nitrogen and oxygen atoms in total. The summed E-state index contributed by atoms with van der Waals surface area (Å²) in [6.45, 7) is 0. The Kier molecular flexibility index (Phi) is 2.72. The van der Waals surface area contributed by atoms with Crippen molar-refractivity contribution in [2.75, 3.05) is 5.75 Å². The largest absolute Gasteiger partial charge is 0.271 e. The van der Waals surface area contributed by atoms with Crippen molar-refractivity contribution in [2.45, 2.75) is 5.03 Å². The van der Waals surface area contributed by atoms with E-state index in [1.54, 1.807) is 0 Å². The van der Waals surface area contributed by atoms with Crippen LogP contribution >= 0.6 is 23.3 Å². The second-order valence-electron chi connectivity index (χ2n) is 3.62. The third-order valence-corrected chi connectivity index (χ3v) is 6.30. The molecule has 18 heavy (non-hydrogen) atoms. The highest BCUT2D eigenvalue weighted by molar-refractivity contribution is 8.36. The number of carbonyl (C=O) groups excluding carboxylic acids is 1. The lowest BCUT2D eigenvalue weighted by Gasteiger charge is -1.96. The Balaban J connectivity index is 2.03. The fourth-order valence-electron chi connectivity index (χ4n) is 1.53. The van der Waals surface area contributed by atoms with Gasteiger partial charge in [0.05, 0.1) is 4.70 Å². The first kappa shape index (κ1) is 11.8. The Morgan fingerprint density at radius 1 is 1.28 bits per heavy atom. The average Bonchev–Trinajstić information content (AvgIpc) is 2.82. The molecular weight excluding hydrogens is 292 g/mol. The molecule has 0 N–H and O–H groups in total. The fourth-order valence-corrected chi connectivity index (χ4v) is 4.82. The van der Waals surface area contributed by atoms with Crippen LogP contribution in [-0.4, -0.2) is 28.8 Å². The average molecular weight is 298 g/mol. The molecule has 1 amide bonds. The van der Waals surface area contributed by atoms with E-state index in [4.69, 9.17) is 0 Å². The first-order valence-corrected chi connectivity index (χ1v) is 8.17. The van der Waals surface area contributed by atoms with Gasteiger partial charge in [-0.1, -0.05) is 18.2 Å². The third kappa shape index (κ3) is 1.96. The van der Waals surface area contributed by atoms with Crippen LogP contribution in [0.25, 0.3) is 10.1 Å². The molecule has 1 aliphatic heterocycles. The van der Waals surface area contributed by atoms with Crippen LogP contribution in [0.15, 0.2) is 34.3 Å². The molecule has 0 bridgehead atoms. The molecule has 0 aliphatic carbocycles. The number of rotatable bonds is 1. The summed E-state index contributed by atoms with van der Waals surface area (Å²) in [4.78, 5) is 14.6. The Morgan fingerprint density at radius 3 is 2.78 bits per heavy atom. The van der Waals surface area contributed by atoms with E-state index in [-0.39, 0.29) is 4.38 Å². The van der Waals surface area contributed by atoms with Crippen LogP contribution in [0, 0.1) is 0 Å². The van der Waals surface area contributed by atoms with Crippen molar-refractivity contribution < 1.29 is 13.2 Å². The number of aromatic nitrogens is 1. The zero-order valence-corrected chi connectivity index (χ0v) is 11.3. The van der Waals surface area contributed by atoms with Gasteiger partial charge in [-0.05, 0) is 29.4 Å². The van der Waals surface area contributed by atoms with E-state index in [0.29, 0.717) is 5.03 Å². The first-order chi connectivity index (χ1) is 8.56. The van der Waals surface area contributed by atoms with Crippen molar-refractivity contribution in [1.29, 1.82) is 0 Å². The normalized spacial score (nSPS) is 18.2. The predicted molar refractivity (Wildman–Crippen MR) is 71.7 cm³/mol. The maximum absolute atomic E-state index is 11.6. The number of carbonyl (C=O) groups is 1. The predicted octanol–water partition coefficient (Wildman–Crippen LogP) is 1.70. The highest BCUT2D eigenvalue weighted by Gasteiger charge is 2.32. The van der Waals surface area contributed by atoms with Gasteiger partial charge in [0.1, 0.15) is 10.8 Å². The monoisotopic (exact) mass is 298 g/mol. The number of thioether (sulfide) groups is 1. The zero-order chi connectivity index (χ0) is 12.8. The van der Waals surface area contributed by atoms with Crippen LogP contribution in [0.4, 0.5) is 0 Å². The minimum absolute atomic E-state index is 0.149. The van der Waals surface area contributed by atoms with Gasteiger partial charge >= 0.3 is 0 Å². The molecule has 0 unspecified atom stereocenters. The lowest BCUT2D eigenvalue weighted by Crippen LogP contribution is -2.10. The molecule has 0 saturated heterocycles. The van der Waals surface area contributed by atoms with Crippen molar-refractivity contribution in [3.8, 4) is 0 Å². The molecule has 92 valence electrons. The number of sulfone groups is 1. The van der Waals surface area contributed by atoms with Gasteiger partial charge in [0, 0.05) is 5.39 Å². The Labute approximate surface area is 111 Å². The van der Waals surface area contributed by atoms with Crippen molar-refractivity contribution in [2.24, 2.45) is 4.99 Å². The number of amides is 1. The van der Waals surface area contributed by atoms with Gasteiger partial charge in [0.2, 0.25) is 9.84 Å². The van der Waals surface area contributed by atoms with Gasteiger partial charge in [-0.15, -0.1) is 0 Å². The molecular formula is C10H6N2O3S3. The molecule has 3 rings (SSSR count). The lowest BCUT2D eigenvalue weighted by atomic mass is 10.3. The lowest BCUT2D eigenvalue weighted by molar-refractivity contribution is -0.115. The molecule has 2 aromatic rings. The quantitative estimate of drug-likeness (QED) is 0.801. The van der Waals surface area contributed by atoms with Crippen LogP contribution in [-0.2, 0) is 14.6 Å². The first-order valence-electron chi connectivity index (χ1n) is 4.93. The third-order valence-electron chi connectivity index (χ3n) is 2.32. The highest BCUT2D eigenvalue weighted by Crippen LogP contribution is 2.33. The van der Waals surface area contributed by atoms with Gasteiger partial charge in [0.15, 0.2) is 4.38 Å². The number of nitrogens with zero attached hydrogens (tertiary/aromatic N) is 2. The summed E-state index contributed by atoms with van der Waals surface area (Å²) in [5, 5.41) is 1.46. The zero-order valence-electron chi connectivity index (χ0n) is 8.86. The summed E-state index contributed by atoms with van der Waals surface area (Å²) in [6, 6.07) is 7.53. The summed E-state index contributed by atoms with van der Waals surface area (Å²) < 4.78 is 28.3. The molecule has 0 radical (unpaired) electrons. The number of aliphatic imine (C=N–C) groups is 1. The van der Waals surface area contributed by atoms with Crippen LogP contribution in [0.1, 0.15) is 0 Å². The molecule has 8 heteroatoms. The van der Waals surface area contributed by atoms with Crippen LogP contribution in [0.5, 0.6) is 0 Å². The van der Waals surface area contributed by atoms with E-state index in [9.17, 15) is 13.2 Å². The minimum atomic E-state index is -3.55. The number of hydrogen-bond acceptors (Lipinski definition) is 6. The SMILES string of the molecule is O=C1CS(=O)(=O)C(Sc2nsc3ccccc23)=N1. The second kappa shape index (κ2) is 4.15. The molecule has 0 spiro atoms. The number of hydrogen-bond donors (Lipinski definition) is 0. The van der Waals surface area contributed by atoms with Crippen molar-refractivity contribution in [3.05, 3.63) is 24.3 Å². The summed E-state index contributed by atoms with van der Waals surface area (Å²) >= 11 is 2.23. The molecule has 1 aliphatic rings. The van der Waals surface area contributed by atoms with Gasteiger partial charge in [-0.2, -0.15) is 9.37 Å². The smallest absolute Gasteiger partial charge is 0.263 e. The summed E-state index contributed by atoms with van der Waals surface area (Å²) in [7, 11) is -3.55. The van der Waals surface area contributed by atoms with Crippen LogP contribution in [0.2, 0.25) is 0 Å².